The van der Waals surface area contributed by atoms with Crippen molar-refractivity contribution in [2.75, 3.05) is 32.1 Å². The Hall–Kier alpha value is -2.91. The fourth-order valence-electron chi connectivity index (χ4n) is 4.43. The number of nitrogens with two attached hydrogens (primary N) is 1. The van der Waals surface area contributed by atoms with Gasteiger partial charge in [-0.3, -0.25) is 0 Å². The highest BCUT2D eigenvalue weighted by molar-refractivity contribution is 6.06. The van der Waals surface area contributed by atoms with Crippen LogP contribution in [-0.4, -0.2) is 53.0 Å². The van der Waals surface area contributed by atoms with Gasteiger partial charge in [0.05, 0.1) is 24.2 Å². The maximum absolute atomic E-state index is 12.1. The first kappa shape index (κ1) is 23.3. The molecular weight excluding hydrogens is 420 g/mol. The van der Waals surface area contributed by atoms with Crippen molar-refractivity contribution in [3.63, 3.8) is 0 Å². The van der Waals surface area contributed by atoms with Crippen molar-refractivity contribution in [1.82, 2.24) is 25.2 Å². The molecule has 4 N–H and O–H groups in total. The molecule has 0 radical (unpaired) electrons. The molecule has 33 heavy (non-hydrogen) atoms. The maximum Gasteiger partial charge on any atom is 0.315 e. The van der Waals surface area contributed by atoms with Crippen LogP contribution in [0, 0.1) is 0 Å². The second-order valence-electron chi connectivity index (χ2n) is 8.38. The summed E-state index contributed by atoms with van der Waals surface area (Å²) in [5.74, 6) is 1.21. The van der Waals surface area contributed by atoms with Crippen LogP contribution < -0.4 is 16.4 Å². The van der Waals surface area contributed by atoms with E-state index in [0.29, 0.717) is 56.9 Å². The van der Waals surface area contributed by atoms with Crippen LogP contribution in [0.4, 0.5) is 10.6 Å². The number of aromatic nitrogens is 3. The molecule has 0 bridgehead atoms. The summed E-state index contributed by atoms with van der Waals surface area (Å²) in [6.07, 6.45) is 5.80. The molecule has 1 aromatic carbocycles. The van der Waals surface area contributed by atoms with Gasteiger partial charge in [-0.25, -0.2) is 14.8 Å². The molecule has 0 atom stereocenters. The quantitative estimate of drug-likeness (QED) is 0.405. The molecule has 4 rings (SSSR count). The SMILES string of the molecule is CCOCc1nc2c(N)nc3ccccc3c2n1CCOCCNC(=O)NC1CCCCC1. The number of urea groups is 1. The Morgan fingerprint density at radius 2 is 1.97 bits per heavy atom. The Kier molecular flexibility index (Phi) is 7.96. The number of imidazole rings is 1. The summed E-state index contributed by atoms with van der Waals surface area (Å²) in [4.78, 5) is 21.3. The average Bonchev–Trinajstić information content (AvgIpc) is 3.20. The molecule has 0 aliphatic heterocycles. The predicted octanol–water partition coefficient (Wildman–Crippen LogP) is 3.35. The number of nitrogen functional groups attached to an aromatic ring is 1. The van der Waals surface area contributed by atoms with E-state index in [1.165, 1.54) is 19.3 Å². The van der Waals surface area contributed by atoms with Crippen molar-refractivity contribution < 1.29 is 14.3 Å². The lowest BCUT2D eigenvalue weighted by Crippen LogP contribution is -2.43. The van der Waals surface area contributed by atoms with Crippen molar-refractivity contribution in [2.45, 2.75) is 58.2 Å². The molecule has 2 amide bonds. The van der Waals surface area contributed by atoms with Crippen LogP contribution in [0.25, 0.3) is 21.9 Å². The van der Waals surface area contributed by atoms with Gasteiger partial charge < -0.3 is 30.4 Å². The number of hydrogen-bond acceptors (Lipinski definition) is 6. The Bertz CT molecular complexity index is 1080. The van der Waals surface area contributed by atoms with Gasteiger partial charge >= 0.3 is 6.03 Å². The van der Waals surface area contributed by atoms with Crippen LogP contribution in [0.3, 0.4) is 0 Å². The summed E-state index contributed by atoms with van der Waals surface area (Å²) in [6.45, 7) is 4.93. The second-order valence-corrected chi connectivity index (χ2v) is 8.38. The van der Waals surface area contributed by atoms with E-state index in [1.54, 1.807) is 0 Å². The van der Waals surface area contributed by atoms with Gasteiger partial charge in [0.2, 0.25) is 0 Å². The Morgan fingerprint density at radius 1 is 1.15 bits per heavy atom. The number of rotatable bonds is 10. The van der Waals surface area contributed by atoms with Gasteiger partial charge in [0, 0.05) is 31.1 Å². The van der Waals surface area contributed by atoms with E-state index in [-0.39, 0.29) is 6.03 Å². The largest absolute Gasteiger partial charge is 0.382 e. The van der Waals surface area contributed by atoms with E-state index in [9.17, 15) is 4.79 Å². The topological polar surface area (TPSA) is 116 Å². The maximum atomic E-state index is 12.1. The number of ether oxygens (including phenoxy) is 2. The third kappa shape index (κ3) is 5.72. The zero-order chi connectivity index (χ0) is 23.0. The summed E-state index contributed by atoms with van der Waals surface area (Å²) < 4.78 is 13.6. The normalized spacial score (nSPS) is 14.7. The molecule has 1 aliphatic carbocycles. The highest BCUT2D eigenvalue weighted by atomic mass is 16.5. The first-order valence-electron chi connectivity index (χ1n) is 11.9. The van der Waals surface area contributed by atoms with Crippen molar-refractivity contribution in [2.24, 2.45) is 0 Å². The van der Waals surface area contributed by atoms with E-state index in [0.717, 1.165) is 35.1 Å². The summed E-state index contributed by atoms with van der Waals surface area (Å²) in [7, 11) is 0. The molecule has 0 saturated heterocycles. The molecular formula is C24H34N6O3. The number of fused-ring (bicyclic) bond motifs is 3. The smallest absolute Gasteiger partial charge is 0.315 e. The lowest BCUT2D eigenvalue weighted by Gasteiger charge is -2.22. The third-order valence-corrected chi connectivity index (χ3v) is 6.06. The number of carbonyl (C=O) groups is 1. The Morgan fingerprint density at radius 3 is 2.79 bits per heavy atom. The molecule has 2 aromatic heterocycles. The van der Waals surface area contributed by atoms with Gasteiger partial charge in [-0.2, -0.15) is 0 Å². The summed E-state index contributed by atoms with van der Waals surface area (Å²) in [5, 5.41) is 6.94. The third-order valence-electron chi connectivity index (χ3n) is 6.06. The summed E-state index contributed by atoms with van der Waals surface area (Å²) >= 11 is 0. The minimum Gasteiger partial charge on any atom is -0.382 e. The Balaban J connectivity index is 1.36. The number of nitrogens with one attached hydrogen (secondary N) is 2. The highest BCUT2D eigenvalue weighted by Crippen LogP contribution is 2.29. The molecule has 2 heterocycles. The van der Waals surface area contributed by atoms with Gasteiger partial charge in [-0.1, -0.05) is 37.5 Å². The first-order valence-corrected chi connectivity index (χ1v) is 11.9. The molecule has 0 unspecified atom stereocenters. The van der Waals surface area contributed by atoms with Crippen molar-refractivity contribution >= 4 is 33.8 Å². The molecule has 9 heteroatoms. The van der Waals surface area contributed by atoms with Gasteiger partial charge in [-0.15, -0.1) is 0 Å². The molecule has 9 nitrogen and oxygen atoms in total. The summed E-state index contributed by atoms with van der Waals surface area (Å²) in [6, 6.07) is 8.10. The van der Waals surface area contributed by atoms with Gasteiger partial charge in [0.1, 0.15) is 17.9 Å². The van der Waals surface area contributed by atoms with E-state index >= 15 is 0 Å². The van der Waals surface area contributed by atoms with Crippen LogP contribution >= 0.6 is 0 Å². The monoisotopic (exact) mass is 454 g/mol. The number of hydrogen-bond donors (Lipinski definition) is 3. The predicted molar refractivity (Wildman–Crippen MR) is 129 cm³/mol. The highest BCUT2D eigenvalue weighted by Gasteiger charge is 2.18. The van der Waals surface area contributed by atoms with Crippen LogP contribution in [0.1, 0.15) is 44.9 Å². The zero-order valence-corrected chi connectivity index (χ0v) is 19.3. The van der Waals surface area contributed by atoms with Crippen LogP contribution in [0.5, 0.6) is 0 Å². The van der Waals surface area contributed by atoms with Crippen LogP contribution in [0.2, 0.25) is 0 Å². The van der Waals surface area contributed by atoms with Crippen molar-refractivity contribution in [1.29, 1.82) is 0 Å². The number of carbonyl (C=O) groups excluding carboxylic acids is 1. The minimum atomic E-state index is -0.112. The van der Waals surface area contributed by atoms with Crippen molar-refractivity contribution in [3.8, 4) is 0 Å². The lowest BCUT2D eigenvalue weighted by molar-refractivity contribution is 0.114. The van der Waals surface area contributed by atoms with Crippen LogP contribution in [0.15, 0.2) is 24.3 Å². The van der Waals surface area contributed by atoms with E-state index in [2.05, 4.69) is 20.2 Å². The second kappa shape index (κ2) is 11.3. The first-order chi connectivity index (χ1) is 16.2. The number of anilines is 1. The zero-order valence-electron chi connectivity index (χ0n) is 19.3. The molecule has 3 aromatic rings. The van der Waals surface area contributed by atoms with Gasteiger partial charge in [0.15, 0.2) is 5.82 Å². The molecule has 0 spiro atoms. The average molecular weight is 455 g/mol. The number of benzene rings is 1. The van der Waals surface area contributed by atoms with E-state index in [4.69, 9.17) is 20.2 Å². The number of pyridine rings is 1. The number of nitrogens with zero attached hydrogens (tertiary/aromatic N) is 3. The van der Waals surface area contributed by atoms with E-state index < -0.39 is 0 Å². The Labute approximate surface area is 194 Å². The fraction of sp³-hybridized carbons (Fsp3) is 0.542. The van der Waals surface area contributed by atoms with Crippen molar-refractivity contribution in [3.05, 3.63) is 30.1 Å². The lowest BCUT2D eigenvalue weighted by atomic mass is 9.96. The molecule has 1 aliphatic rings. The number of amides is 2. The molecule has 1 saturated carbocycles. The van der Waals surface area contributed by atoms with E-state index in [1.807, 2.05) is 31.2 Å². The fourth-order valence-corrected chi connectivity index (χ4v) is 4.43. The summed E-state index contributed by atoms with van der Waals surface area (Å²) in [5.41, 5.74) is 8.68. The molecule has 178 valence electrons. The standard InChI is InChI=1S/C24H34N6O3/c1-2-32-16-20-29-21-22(18-10-6-7-11-19(18)28-23(21)25)30(20)13-15-33-14-12-26-24(31)27-17-8-4-3-5-9-17/h6-7,10-11,17H,2-5,8-9,12-16H2,1H3,(H2,25,28)(H2,26,27,31). The van der Waals surface area contributed by atoms with Gasteiger partial charge in [0.25, 0.3) is 0 Å². The molecule has 1 fully saturated rings. The minimum absolute atomic E-state index is 0.112. The van der Waals surface area contributed by atoms with Crippen LogP contribution in [-0.2, 0) is 22.6 Å². The van der Waals surface area contributed by atoms with Gasteiger partial charge in [-0.05, 0) is 25.8 Å². The number of para-hydroxylation sites is 1.